The Morgan fingerprint density at radius 1 is 1.18 bits per heavy atom. The van der Waals surface area contributed by atoms with Crippen LogP contribution in [-0.2, 0) is 27.9 Å². The zero-order valence-corrected chi connectivity index (χ0v) is 19.7. The molecule has 3 rings (SSSR count). The highest BCUT2D eigenvalue weighted by Gasteiger charge is 2.21. The number of methoxy groups -OCH3 is 2. The molecule has 2 heterocycles. The zero-order chi connectivity index (χ0) is 23.8. The molecular weight excluding hydrogens is 448 g/mol. The van der Waals surface area contributed by atoms with Crippen molar-refractivity contribution >= 4 is 29.3 Å². The molecule has 0 atom stereocenters. The first-order valence-electron chi connectivity index (χ1n) is 10.2. The number of hydrogen-bond acceptors (Lipinski definition) is 9. The summed E-state index contributed by atoms with van der Waals surface area (Å²) in [5.41, 5.74) is 1.37. The minimum absolute atomic E-state index is 0.0620. The van der Waals surface area contributed by atoms with Gasteiger partial charge in [-0.25, -0.2) is 4.79 Å². The minimum atomic E-state index is -0.490. The SMILES string of the molecule is CCOC(=O)c1ccccc1NC(=O)CSc1nnc(-c2cn(C)nc2OC)n1CCOC. The van der Waals surface area contributed by atoms with Gasteiger partial charge in [-0.05, 0) is 19.1 Å². The van der Waals surface area contributed by atoms with Crippen molar-refractivity contribution in [3.63, 3.8) is 0 Å². The number of amides is 1. The Bertz CT molecular complexity index is 1110. The molecule has 0 fully saturated rings. The number of aryl methyl sites for hydroxylation is 1. The lowest BCUT2D eigenvalue weighted by Crippen LogP contribution is -2.18. The number of nitrogens with one attached hydrogen (secondary N) is 1. The molecule has 0 radical (unpaired) electrons. The van der Waals surface area contributed by atoms with Gasteiger partial charge in [-0.2, -0.15) is 0 Å². The maximum atomic E-state index is 12.6. The number of carbonyl (C=O) groups is 2. The Morgan fingerprint density at radius 2 is 1.97 bits per heavy atom. The normalized spacial score (nSPS) is 10.8. The van der Waals surface area contributed by atoms with Gasteiger partial charge in [0.1, 0.15) is 5.56 Å². The largest absolute Gasteiger partial charge is 0.479 e. The number of esters is 1. The van der Waals surface area contributed by atoms with Gasteiger partial charge in [0.2, 0.25) is 11.8 Å². The van der Waals surface area contributed by atoms with Crippen molar-refractivity contribution in [1.29, 1.82) is 0 Å². The van der Waals surface area contributed by atoms with Crippen LogP contribution in [0.25, 0.3) is 11.4 Å². The molecular formula is C21H26N6O5S. The quantitative estimate of drug-likeness (QED) is 0.329. The fourth-order valence-corrected chi connectivity index (χ4v) is 3.81. The molecule has 1 N–H and O–H groups in total. The monoisotopic (exact) mass is 474 g/mol. The van der Waals surface area contributed by atoms with Crippen molar-refractivity contribution in [2.24, 2.45) is 7.05 Å². The van der Waals surface area contributed by atoms with Gasteiger partial charge >= 0.3 is 5.97 Å². The van der Waals surface area contributed by atoms with E-state index in [9.17, 15) is 9.59 Å². The van der Waals surface area contributed by atoms with E-state index < -0.39 is 5.97 Å². The first-order valence-corrected chi connectivity index (χ1v) is 11.2. The molecule has 3 aromatic rings. The van der Waals surface area contributed by atoms with Gasteiger partial charge in [0.25, 0.3) is 0 Å². The maximum absolute atomic E-state index is 12.6. The van der Waals surface area contributed by atoms with E-state index in [1.54, 1.807) is 56.2 Å². The van der Waals surface area contributed by atoms with Crippen LogP contribution in [-0.4, -0.2) is 69.6 Å². The summed E-state index contributed by atoms with van der Waals surface area (Å²) in [4.78, 5) is 24.8. The number of nitrogens with zero attached hydrogens (tertiary/aromatic N) is 5. The van der Waals surface area contributed by atoms with Crippen LogP contribution in [0.1, 0.15) is 17.3 Å². The molecule has 0 saturated heterocycles. The van der Waals surface area contributed by atoms with Crippen molar-refractivity contribution in [3.05, 3.63) is 36.0 Å². The lowest BCUT2D eigenvalue weighted by atomic mass is 10.2. The molecule has 1 amide bonds. The highest BCUT2D eigenvalue weighted by atomic mass is 32.2. The molecule has 0 unspecified atom stereocenters. The van der Waals surface area contributed by atoms with Crippen molar-refractivity contribution in [1.82, 2.24) is 24.5 Å². The molecule has 11 nitrogen and oxygen atoms in total. The fourth-order valence-electron chi connectivity index (χ4n) is 3.05. The van der Waals surface area contributed by atoms with Crippen LogP contribution in [0.3, 0.4) is 0 Å². The number of thioether (sulfide) groups is 1. The Kier molecular flexibility index (Phi) is 8.44. The van der Waals surface area contributed by atoms with Gasteiger partial charge in [0.05, 0.1) is 43.9 Å². The molecule has 0 aliphatic heterocycles. The summed E-state index contributed by atoms with van der Waals surface area (Å²) in [6.45, 7) is 2.88. The third-order valence-electron chi connectivity index (χ3n) is 4.49. The van der Waals surface area contributed by atoms with Crippen LogP contribution < -0.4 is 10.1 Å². The summed E-state index contributed by atoms with van der Waals surface area (Å²) >= 11 is 1.22. The second-order valence-electron chi connectivity index (χ2n) is 6.78. The molecule has 0 aliphatic rings. The van der Waals surface area contributed by atoms with Crippen LogP contribution in [0.4, 0.5) is 5.69 Å². The van der Waals surface area contributed by atoms with Gasteiger partial charge in [0.15, 0.2) is 11.0 Å². The molecule has 0 bridgehead atoms. The first kappa shape index (κ1) is 24.3. The Hall–Kier alpha value is -3.38. The fraction of sp³-hybridized carbons (Fsp3) is 0.381. The van der Waals surface area contributed by atoms with Gasteiger partial charge < -0.3 is 19.5 Å². The van der Waals surface area contributed by atoms with E-state index in [1.807, 2.05) is 4.57 Å². The average Bonchev–Trinajstić information content (AvgIpc) is 3.38. The van der Waals surface area contributed by atoms with Crippen LogP contribution >= 0.6 is 11.8 Å². The van der Waals surface area contributed by atoms with E-state index in [2.05, 4.69) is 20.6 Å². The summed E-state index contributed by atoms with van der Waals surface area (Å²) in [7, 11) is 4.93. The van der Waals surface area contributed by atoms with Gasteiger partial charge in [-0.3, -0.25) is 14.0 Å². The van der Waals surface area contributed by atoms with E-state index in [0.717, 1.165) is 0 Å². The maximum Gasteiger partial charge on any atom is 0.340 e. The number of ether oxygens (including phenoxy) is 3. The predicted octanol–water partition coefficient (Wildman–Crippen LogP) is 2.24. The smallest absolute Gasteiger partial charge is 0.340 e. The summed E-state index contributed by atoms with van der Waals surface area (Å²) in [5.74, 6) is 0.266. The molecule has 176 valence electrons. The average molecular weight is 475 g/mol. The number of aromatic nitrogens is 5. The van der Waals surface area contributed by atoms with Crippen LogP contribution in [0.15, 0.2) is 35.6 Å². The van der Waals surface area contributed by atoms with E-state index >= 15 is 0 Å². The highest BCUT2D eigenvalue weighted by Crippen LogP contribution is 2.30. The lowest BCUT2D eigenvalue weighted by molar-refractivity contribution is -0.113. The van der Waals surface area contributed by atoms with Crippen LogP contribution in [0.5, 0.6) is 5.88 Å². The number of para-hydroxylation sites is 1. The van der Waals surface area contributed by atoms with E-state index in [4.69, 9.17) is 14.2 Å². The van der Waals surface area contributed by atoms with Crippen molar-refractivity contribution in [2.45, 2.75) is 18.6 Å². The zero-order valence-electron chi connectivity index (χ0n) is 18.9. The molecule has 33 heavy (non-hydrogen) atoms. The van der Waals surface area contributed by atoms with Crippen molar-refractivity contribution in [3.8, 4) is 17.3 Å². The molecule has 1 aromatic carbocycles. The Morgan fingerprint density at radius 3 is 2.70 bits per heavy atom. The van der Waals surface area contributed by atoms with Crippen LogP contribution in [0, 0.1) is 0 Å². The topological polar surface area (TPSA) is 122 Å². The molecule has 0 spiro atoms. The van der Waals surface area contributed by atoms with Gasteiger partial charge in [-0.15, -0.1) is 15.3 Å². The Labute approximate surface area is 195 Å². The number of rotatable bonds is 11. The van der Waals surface area contributed by atoms with Gasteiger partial charge in [-0.1, -0.05) is 23.9 Å². The van der Waals surface area contributed by atoms with E-state index in [1.165, 1.54) is 18.9 Å². The first-order chi connectivity index (χ1) is 16.0. The number of anilines is 1. The molecule has 12 heteroatoms. The van der Waals surface area contributed by atoms with Gasteiger partial charge in [0, 0.05) is 20.4 Å². The lowest BCUT2D eigenvalue weighted by Gasteiger charge is -2.11. The summed E-state index contributed by atoms with van der Waals surface area (Å²) in [6, 6.07) is 6.71. The highest BCUT2D eigenvalue weighted by molar-refractivity contribution is 7.99. The Balaban J connectivity index is 1.76. The second-order valence-corrected chi connectivity index (χ2v) is 7.72. The minimum Gasteiger partial charge on any atom is -0.479 e. The van der Waals surface area contributed by atoms with Crippen molar-refractivity contribution in [2.75, 3.05) is 38.5 Å². The third-order valence-corrected chi connectivity index (χ3v) is 5.46. The number of hydrogen-bond donors (Lipinski definition) is 1. The summed E-state index contributed by atoms with van der Waals surface area (Å²) in [5, 5.41) is 16.1. The number of carbonyl (C=O) groups excluding carboxylic acids is 2. The van der Waals surface area contributed by atoms with E-state index in [-0.39, 0.29) is 18.3 Å². The number of benzene rings is 1. The second kappa shape index (κ2) is 11.5. The van der Waals surface area contributed by atoms with Crippen molar-refractivity contribution < 1.29 is 23.8 Å². The molecule has 2 aromatic heterocycles. The predicted molar refractivity (Wildman–Crippen MR) is 122 cm³/mol. The van der Waals surface area contributed by atoms with E-state index in [0.29, 0.717) is 46.8 Å². The molecule has 0 saturated carbocycles. The third kappa shape index (κ3) is 5.90. The van der Waals surface area contributed by atoms with Crippen LogP contribution in [0.2, 0.25) is 0 Å². The molecule has 0 aliphatic carbocycles. The summed E-state index contributed by atoms with van der Waals surface area (Å²) < 4.78 is 19.1. The summed E-state index contributed by atoms with van der Waals surface area (Å²) in [6.07, 6.45) is 1.79. The standard InChI is InChI=1S/C21H26N6O5S/c1-5-32-20(29)14-8-6-7-9-16(14)22-17(28)13-33-21-24-23-18(27(21)10-11-30-3)15-12-26(2)25-19(15)31-4/h6-9,12H,5,10-11,13H2,1-4H3,(H,22,28).